The van der Waals surface area contributed by atoms with Crippen LogP contribution >= 0.6 is 0 Å². The van der Waals surface area contributed by atoms with Crippen molar-refractivity contribution in [3.63, 3.8) is 0 Å². The Hall–Kier alpha value is -2.31. The topological polar surface area (TPSA) is 90.8 Å². The van der Waals surface area contributed by atoms with Crippen molar-refractivity contribution in [3.8, 4) is 0 Å². The van der Waals surface area contributed by atoms with Crippen LogP contribution in [0.2, 0.25) is 0 Å². The van der Waals surface area contributed by atoms with Crippen LogP contribution in [-0.2, 0) is 20.6 Å². The standard InChI is InChI=1S/C10H14N6O/c1-15-6-7(4-13-15)3-12-10(17)9-8(11)5-14-16(9)2/h4-6H,3,11H2,1-2H3,(H,12,17). The molecular weight excluding hydrogens is 220 g/mol. The summed E-state index contributed by atoms with van der Waals surface area (Å²) in [5.74, 6) is -0.244. The van der Waals surface area contributed by atoms with E-state index >= 15 is 0 Å². The number of carbonyl (C=O) groups excluding carboxylic acids is 1. The van der Waals surface area contributed by atoms with Gasteiger partial charge in [-0.05, 0) is 0 Å². The molecule has 1 amide bonds. The molecule has 3 N–H and O–H groups in total. The fraction of sp³-hybridized carbons (Fsp3) is 0.300. The third-order valence-corrected chi connectivity index (χ3v) is 2.39. The van der Waals surface area contributed by atoms with E-state index in [1.807, 2.05) is 13.2 Å². The van der Waals surface area contributed by atoms with Gasteiger partial charge in [0.15, 0.2) is 0 Å². The molecule has 2 rings (SSSR count). The summed E-state index contributed by atoms with van der Waals surface area (Å²) in [6.45, 7) is 0.414. The lowest BCUT2D eigenvalue weighted by Gasteiger charge is -2.04. The van der Waals surface area contributed by atoms with E-state index in [1.54, 1.807) is 17.9 Å². The molecule has 2 aromatic rings. The van der Waals surface area contributed by atoms with Gasteiger partial charge in [-0.3, -0.25) is 14.2 Å². The van der Waals surface area contributed by atoms with Crippen LogP contribution in [0.15, 0.2) is 18.6 Å². The summed E-state index contributed by atoms with van der Waals surface area (Å²) in [6.07, 6.45) is 5.00. The van der Waals surface area contributed by atoms with Crippen LogP contribution in [0.5, 0.6) is 0 Å². The number of anilines is 1. The highest BCUT2D eigenvalue weighted by molar-refractivity contribution is 5.97. The fourth-order valence-electron chi connectivity index (χ4n) is 1.56. The first-order chi connectivity index (χ1) is 8.08. The van der Waals surface area contributed by atoms with Gasteiger partial charge in [0.2, 0.25) is 0 Å². The Morgan fingerprint density at radius 2 is 2.18 bits per heavy atom. The maximum atomic E-state index is 11.8. The monoisotopic (exact) mass is 234 g/mol. The van der Waals surface area contributed by atoms with E-state index in [1.165, 1.54) is 10.9 Å². The summed E-state index contributed by atoms with van der Waals surface area (Å²) in [4.78, 5) is 11.8. The number of nitrogens with one attached hydrogen (secondary N) is 1. The Morgan fingerprint density at radius 3 is 2.71 bits per heavy atom. The number of nitrogens with zero attached hydrogens (tertiary/aromatic N) is 4. The second-order valence-electron chi connectivity index (χ2n) is 3.78. The van der Waals surface area contributed by atoms with Gasteiger partial charge in [0, 0.05) is 32.4 Å². The summed E-state index contributed by atoms with van der Waals surface area (Å²) >= 11 is 0. The molecule has 0 fully saturated rings. The Balaban J connectivity index is 2.03. The number of aromatic nitrogens is 4. The SMILES string of the molecule is Cn1cc(CNC(=O)c2c(N)cnn2C)cn1. The van der Waals surface area contributed by atoms with Gasteiger partial charge < -0.3 is 11.1 Å². The maximum Gasteiger partial charge on any atom is 0.271 e. The molecule has 7 heteroatoms. The molecule has 0 unspecified atom stereocenters. The van der Waals surface area contributed by atoms with Crippen molar-refractivity contribution in [3.05, 3.63) is 29.8 Å². The van der Waals surface area contributed by atoms with Crippen molar-refractivity contribution in [2.24, 2.45) is 14.1 Å². The van der Waals surface area contributed by atoms with Gasteiger partial charge in [-0.25, -0.2) is 0 Å². The van der Waals surface area contributed by atoms with E-state index in [0.29, 0.717) is 17.9 Å². The van der Waals surface area contributed by atoms with E-state index in [0.717, 1.165) is 5.56 Å². The molecular formula is C10H14N6O. The summed E-state index contributed by atoms with van der Waals surface area (Å²) < 4.78 is 3.13. The van der Waals surface area contributed by atoms with Gasteiger partial charge in [-0.15, -0.1) is 0 Å². The molecule has 0 radical (unpaired) electrons. The molecule has 90 valence electrons. The van der Waals surface area contributed by atoms with Gasteiger partial charge in [-0.1, -0.05) is 0 Å². The van der Waals surface area contributed by atoms with Crippen molar-refractivity contribution in [1.29, 1.82) is 0 Å². The largest absolute Gasteiger partial charge is 0.396 e. The molecule has 0 saturated heterocycles. The minimum Gasteiger partial charge on any atom is -0.396 e. The zero-order valence-corrected chi connectivity index (χ0v) is 9.71. The zero-order valence-electron chi connectivity index (χ0n) is 9.71. The number of rotatable bonds is 3. The Kier molecular flexibility index (Phi) is 2.82. The van der Waals surface area contributed by atoms with Crippen molar-refractivity contribution < 1.29 is 4.79 Å². The molecule has 0 saturated carbocycles. The highest BCUT2D eigenvalue weighted by Gasteiger charge is 2.14. The Morgan fingerprint density at radius 1 is 1.41 bits per heavy atom. The summed E-state index contributed by atoms with van der Waals surface area (Å²) in [5, 5.41) is 10.7. The van der Waals surface area contributed by atoms with E-state index in [2.05, 4.69) is 15.5 Å². The third kappa shape index (κ3) is 2.27. The van der Waals surface area contributed by atoms with Gasteiger partial charge in [0.25, 0.3) is 5.91 Å². The lowest BCUT2D eigenvalue weighted by atomic mass is 10.3. The predicted octanol–water partition coefficient (Wildman–Crippen LogP) is -0.334. The predicted molar refractivity (Wildman–Crippen MR) is 62.0 cm³/mol. The third-order valence-electron chi connectivity index (χ3n) is 2.39. The van der Waals surface area contributed by atoms with Gasteiger partial charge >= 0.3 is 0 Å². The quantitative estimate of drug-likeness (QED) is 0.760. The minimum absolute atomic E-state index is 0.244. The zero-order chi connectivity index (χ0) is 12.4. The van der Waals surface area contributed by atoms with Crippen molar-refractivity contribution in [2.75, 3.05) is 5.73 Å². The molecule has 0 atom stereocenters. The highest BCUT2D eigenvalue weighted by atomic mass is 16.2. The fourth-order valence-corrected chi connectivity index (χ4v) is 1.56. The number of carbonyl (C=O) groups is 1. The first-order valence-corrected chi connectivity index (χ1v) is 5.11. The van der Waals surface area contributed by atoms with Crippen LogP contribution in [0.25, 0.3) is 0 Å². The molecule has 2 aromatic heterocycles. The second-order valence-corrected chi connectivity index (χ2v) is 3.78. The molecule has 17 heavy (non-hydrogen) atoms. The van der Waals surface area contributed by atoms with Crippen LogP contribution in [0.1, 0.15) is 16.1 Å². The summed E-state index contributed by atoms with van der Waals surface area (Å²) in [7, 11) is 3.50. The molecule has 0 aromatic carbocycles. The smallest absolute Gasteiger partial charge is 0.271 e. The van der Waals surface area contributed by atoms with Gasteiger partial charge in [0.1, 0.15) is 5.69 Å². The van der Waals surface area contributed by atoms with E-state index in [9.17, 15) is 4.79 Å². The molecule has 0 aliphatic heterocycles. The van der Waals surface area contributed by atoms with Crippen LogP contribution in [-0.4, -0.2) is 25.5 Å². The van der Waals surface area contributed by atoms with Gasteiger partial charge in [-0.2, -0.15) is 10.2 Å². The normalized spacial score (nSPS) is 10.5. The van der Waals surface area contributed by atoms with E-state index in [4.69, 9.17) is 5.73 Å². The highest BCUT2D eigenvalue weighted by Crippen LogP contribution is 2.09. The van der Waals surface area contributed by atoms with E-state index < -0.39 is 0 Å². The van der Waals surface area contributed by atoms with Crippen molar-refractivity contribution >= 4 is 11.6 Å². The molecule has 7 nitrogen and oxygen atoms in total. The summed E-state index contributed by atoms with van der Waals surface area (Å²) in [5.41, 5.74) is 7.33. The summed E-state index contributed by atoms with van der Waals surface area (Å²) in [6, 6.07) is 0. The Bertz CT molecular complexity index is 521. The first kappa shape index (κ1) is 11.2. The minimum atomic E-state index is -0.244. The number of nitrogens with two attached hydrogens (primary N) is 1. The van der Waals surface area contributed by atoms with E-state index in [-0.39, 0.29) is 5.91 Å². The van der Waals surface area contributed by atoms with Crippen molar-refractivity contribution in [2.45, 2.75) is 6.54 Å². The van der Waals surface area contributed by atoms with Crippen molar-refractivity contribution in [1.82, 2.24) is 24.9 Å². The molecule has 0 bridgehead atoms. The average Bonchev–Trinajstić information content (AvgIpc) is 2.83. The number of aryl methyl sites for hydroxylation is 2. The van der Waals surface area contributed by atoms with Crippen LogP contribution < -0.4 is 11.1 Å². The second kappa shape index (κ2) is 4.28. The van der Waals surface area contributed by atoms with Crippen LogP contribution in [0.3, 0.4) is 0 Å². The Labute approximate surface area is 98.2 Å². The molecule has 2 heterocycles. The van der Waals surface area contributed by atoms with Crippen LogP contribution in [0, 0.1) is 0 Å². The first-order valence-electron chi connectivity index (χ1n) is 5.11. The molecule has 0 aliphatic carbocycles. The number of hydrogen-bond donors (Lipinski definition) is 2. The molecule has 0 spiro atoms. The lowest BCUT2D eigenvalue weighted by Crippen LogP contribution is -2.25. The average molecular weight is 234 g/mol. The van der Waals surface area contributed by atoms with Crippen LogP contribution in [0.4, 0.5) is 5.69 Å². The maximum absolute atomic E-state index is 11.8. The molecule has 0 aliphatic rings. The number of amides is 1. The lowest BCUT2D eigenvalue weighted by molar-refractivity contribution is 0.0942. The number of nitrogen functional groups attached to an aromatic ring is 1. The van der Waals surface area contributed by atoms with Gasteiger partial charge in [0.05, 0.1) is 18.1 Å². The number of hydrogen-bond acceptors (Lipinski definition) is 4.